The molecule has 0 bridgehead atoms. The Kier molecular flexibility index (Phi) is 5.28. The summed E-state index contributed by atoms with van der Waals surface area (Å²) in [5.41, 5.74) is 0.733. The third kappa shape index (κ3) is 4.58. The van der Waals surface area contributed by atoms with Crippen LogP contribution in [0.3, 0.4) is 0 Å². The van der Waals surface area contributed by atoms with Crippen LogP contribution in [-0.2, 0) is 19.1 Å². The molecule has 3 aromatic rings. The summed E-state index contributed by atoms with van der Waals surface area (Å²) in [5.74, 6) is -0.0543. The number of rotatable bonds is 5. The molecule has 0 atom stereocenters. The summed E-state index contributed by atoms with van der Waals surface area (Å²) in [6, 6.07) is 13.2. The van der Waals surface area contributed by atoms with Gasteiger partial charge < -0.3 is 5.11 Å². The van der Waals surface area contributed by atoms with Gasteiger partial charge in [0.15, 0.2) is 0 Å². The maximum atomic E-state index is 11.7. The minimum atomic E-state index is -3.91. The predicted molar refractivity (Wildman–Crippen MR) is 108 cm³/mol. The molecule has 0 aromatic heterocycles. The Hall–Kier alpha value is -2.69. The van der Waals surface area contributed by atoms with Crippen molar-refractivity contribution >= 4 is 57.6 Å². The number of benzene rings is 3. The van der Waals surface area contributed by atoms with Crippen molar-refractivity contribution in [1.82, 2.24) is 0 Å². The number of sulfonamides is 1. The molecule has 3 rings (SSSR count). The van der Waals surface area contributed by atoms with E-state index in [1.165, 1.54) is 42.5 Å². The number of azo groups is 1. The molecule has 0 radical (unpaired) electrons. The quantitative estimate of drug-likeness (QED) is 0.453. The fourth-order valence-electron chi connectivity index (χ4n) is 2.55. The zero-order valence-electron chi connectivity index (χ0n) is 14.4. The highest BCUT2D eigenvalue weighted by atomic mass is 35.7. The Morgan fingerprint density at radius 2 is 1.68 bits per heavy atom. The largest absolute Gasteiger partial charge is 0.507 e. The van der Waals surface area contributed by atoms with Crippen molar-refractivity contribution in [3.8, 4) is 5.75 Å². The number of phenolic OH excluding ortho intramolecular Hbond substituents is 1. The van der Waals surface area contributed by atoms with Crippen LogP contribution in [-0.4, -0.2) is 28.2 Å². The summed E-state index contributed by atoms with van der Waals surface area (Å²) in [6.45, 7) is 0. The first-order chi connectivity index (χ1) is 13.0. The summed E-state index contributed by atoms with van der Waals surface area (Å²) >= 11 is 0. The number of hydrogen-bond donors (Lipinski definition) is 2. The maximum absolute atomic E-state index is 11.7. The van der Waals surface area contributed by atoms with Crippen LogP contribution in [0.25, 0.3) is 10.8 Å². The van der Waals surface area contributed by atoms with Crippen molar-refractivity contribution in [2.45, 2.75) is 4.90 Å². The van der Waals surface area contributed by atoms with E-state index < -0.39 is 19.1 Å². The van der Waals surface area contributed by atoms with Crippen molar-refractivity contribution in [3.63, 3.8) is 0 Å². The van der Waals surface area contributed by atoms with E-state index in [0.29, 0.717) is 10.8 Å². The van der Waals surface area contributed by atoms with Crippen LogP contribution in [0.5, 0.6) is 5.75 Å². The second-order valence-electron chi connectivity index (χ2n) is 5.84. The van der Waals surface area contributed by atoms with Crippen LogP contribution in [0.15, 0.2) is 69.7 Å². The minimum Gasteiger partial charge on any atom is -0.507 e. The van der Waals surface area contributed by atoms with E-state index >= 15 is 0 Å². The summed E-state index contributed by atoms with van der Waals surface area (Å²) in [7, 11) is -2.15. The van der Waals surface area contributed by atoms with Crippen molar-refractivity contribution in [1.29, 1.82) is 0 Å². The lowest BCUT2D eigenvalue weighted by molar-refractivity contribution is 0.481. The number of nitrogens with one attached hydrogen (secondary N) is 1. The molecule has 28 heavy (non-hydrogen) atoms. The first-order valence-electron chi connectivity index (χ1n) is 7.73. The van der Waals surface area contributed by atoms with E-state index in [9.17, 15) is 21.9 Å². The van der Waals surface area contributed by atoms with Crippen molar-refractivity contribution in [3.05, 3.63) is 54.6 Å². The lowest BCUT2D eigenvalue weighted by atomic mass is 10.1. The lowest BCUT2D eigenvalue weighted by Gasteiger charge is -2.11. The third-order valence-electron chi connectivity index (χ3n) is 3.66. The van der Waals surface area contributed by atoms with Gasteiger partial charge in [-0.1, -0.05) is 18.2 Å². The highest BCUT2D eigenvalue weighted by Gasteiger charge is 2.13. The SMILES string of the molecule is CS(=O)(=O)Nc1cccc2c(O)ccc(/N=N/c3cccc(S(=O)(=O)Cl)c3)c12. The normalized spacial score (nSPS) is 12.5. The molecular formula is C17H14ClN3O5S2. The van der Waals surface area contributed by atoms with Crippen LogP contribution in [0.2, 0.25) is 0 Å². The number of phenols is 1. The molecule has 0 unspecified atom stereocenters. The number of halogens is 1. The van der Waals surface area contributed by atoms with Gasteiger partial charge in [-0.05, 0) is 36.4 Å². The van der Waals surface area contributed by atoms with E-state index in [4.69, 9.17) is 10.7 Å². The number of fused-ring (bicyclic) bond motifs is 1. The second kappa shape index (κ2) is 7.38. The summed E-state index contributed by atoms with van der Waals surface area (Å²) in [4.78, 5) is -0.124. The molecule has 0 amide bonds. The average molecular weight is 440 g/mol. The summed E-state index contributed by atoms with van der Waals surface area (Å²) < 4.78 is 48.6. The van der Waals surface area contributed by atoms with Crippen LogP contribution < -0.4 is 4.72 Å². The zero-order chi connectivity index (χ0) is 20.5. The van der Waals surface area contributed by atoms with Crippen molar-refractivity contribution in [2.75, 3.05) is 11.0 Å². The minimum absolute atomic E-state index is 0.0543. The highest BCUT2D eigenvalue weighted by molar-refractivity contribution is 8.13. The van der Waals surface area contributed by atoms with Gasteiger partial charge in [-0.3, -0.25) is 4.72 Å². The number of aromatic hydroxyl groups is 1. The van der Waals surface area contributed by atoms with Gasteiger partial charge in [-0.25, -0.2) is 16.8 Å². The fourth-order valence-corrected chi connectivity index (χ4v) is 3.91. The van der Waals surface area contributed by atoms with E-state index in [1.807, 2.05) is 0 Å². The molecule has 8 nitrogen and oxygen atoms in total. The number of anilines is 1. The maximum Gasteiger partial charge on any atom is 0.261 e. The van der Waals surface area contributed by atoms with Gasteiger partial charge in [0.25, 0.3) is 9.05 Å². The Morgan fingerprint density at radius 1 is 0.964 bits per heavy atom. The van der Waals surface area contributed by atoms with Gasteiger partial charge in [0.05, 0.1) is 28.2 Å². The third-order valence-corrected chi connectivity index (χ3v) is 5.61. The summed E-state index contributed by atoms with van der Waals surface area (Å²) in [5, 5.41) is 18.9. The Bertz CT molecular complexity index is 1310. The Labute approximate surface area is 166 Å². The first kappa shape index (κ1) is 20.1. The topological polar surface area (TPSA) is 125 Å². The Morgan fingerprint density at radius 3 is 2.36 bits per heavy atom. The molecule has 0 spiro atoms. The second-order valence-corrected chi connectivity index (χ2v) is 10.2. The van der Waals surface area contributed by atoms with Gasteiger partial charge in [0.1, 0.15) is 5.75 Å². The molecule has 0 heterocycles. The molecule has 3 aromatic carbocycles. The van der Waals surface area contributed by atoms with Crippen molar-refractivity contribution in [2.24, 2.45) is 10.2 Å². The molecule has 0 aliphatic carbocycles. The highest BCUT2D eigenvalue weighted by Crippen LogP contribution is 2.38. The van der Waals surface area contributed by atoms with Gasteiger partial charge >= 0.3 is 0 Å². The van der Waals surface area contributed by atoms with Gasteiger partial charge in [0, 0.05) is 21.5 Å². The van der Waals surface area contributed by atoms with Gasteiger partial charge in [0.2, 0.25) is 10.0 Å². The lowest BCUT2D eigenvalue weighted by Crippen LogP contribution is -2.09. The molecule has 146 valence electrons. The van der Waals surface area contributed by atoms with E-state index in [0.717, 1.165) is 6.26 Å². The van der Waals surface area contributed by atoms with Crippen LogP contribution >= 0.6 is 10.7 Å². The smallest absolute Gasteiger partial charge is 0.261 e. The molecule has 0 fully saturated rings. The predicted octanol–water partition coefficient (Wildman–Crippen LogP) is 4.26. The molecule has 0 aliphatic heterocycles. The van der Waals surface area contributed by atoms with Crippen LogP contribution in [0.1, 0.15) is 0 Å². The van der Waals surface area contributed by atoms with Crippen molar-refractivity contribution < 1.29 is 21.9 Å². The van der Waals surface area contributed by atoms with Gasteiger partial charge in [-0.15, -0.1) is 5.11 Å². The van der Waals surface area contributed by atoms with E-state index in [1.54, 1.807) is 12.1 Å². The Balaban J connectivity index is 2.14. The number of nitrogens with zero attached hydrogens (tertiary/aromatic N) is 2. The van der Waals surface area contributed by atoms with Crippen LogP contribution in [0, 0.1) is 0 Å². The molecule has 0 aliphatic rings. The first-order valence-corrected chi connectivity index (χ1v) is 11.9. The molecular weight excluding hydrogens is 426 g/mol. The molecule has 2 N–H and O–H groups in total. The van der Waals surface area contributed by atoms with Crippen LogP contribution in [0.4, 0.5) is 17.1 Å². The monoisotopic (exact) mass is 439 g/mol. The van der Waals surface area contributed by atoms with Gasteiger partial charge in [-0.2, -0.15) is 5.11 Å². The fraction of sp³-hybridized carbons (Fsp3) is 0.0588. The molecule has 11 heteroatoms. The molecule has 0 saturated carbocycles. The zero-order valence-corrected chi connectivity index (χ0v) is 16.8. The van der Waals surface area contributed by atoms with E-state index in [2.05, 4.69) is 15.0 Å². The standard InChI is InChI=1S/C17H14ClN3O5S2/c1-27(23,24)21-15-7-3-6-13-16(22)9-8-14(17(13)15)20-19-11-4-2-5-12(10-11)28(18,25)26/h2-10,21-22H,1H3/b20-19+. The molecule has 0 saturated heterocycles. The summed E-state index contributed by atoms with van der Waals surface area (Å²) in [6.07, 6.45) is 1.01. The average Bonchev–Trinajstić information content (AvgIpc) is 2.60. The van der Waals surface area contributed by atoms with E-state index in [-0.39, 0.29) is 27.7 Å². The number of hydrogen-bond acceptors (Lipinski definition) is 7.